The van der Waals surface area contributed by atoms with Crippen molar-refractivity contribution < 1.29 is 17.9 Å². The number of amides is 1. The Morgan fingerprint density at radius 1 is 1.00 bits per heavy atom. The standard InChI is InChI=1S/C21H25N3O4S/c25-21(23-15-11-18(16-23)28-20-6-2-3-12-22-20)17-7-9-19(10-8-17)29(26,27)24-13-4-1-5-14-24/h2-3,6-10,12,18H,1,4-5,11,13-16H2. The van der Waals surface area contributed by atoms with E-state index < -0.39 is 10.0 Å². The molecule has 1 aromatic carbocycles. The van der Waals surface area contributed by atoms with Crippen LogP contribution in [0.5, 0.6) is 5.88 Å². The second-order valence-electron chi connectivity index (χ2n) is 7.44. The third-order valence-corrected chi connectivity index (χ3v) is 7.32. The topological polar surface area (TPSA) is 79.8 Å². The molecule has 29 heavy (non-hydrogen) atoms. The minimum Gasteiger partial charge on any atom is -0.472 e. The Hall–Kier alpha value is -2.45. The molecule has 1 atom stereocenters. The van der Waals surface area contributed by atoms with E-state index in [4.69, 9.17) is 4.74 Å². The van der Waals surface area contributed by atoms with E-state index in [2.05, 4.69) is 4.98 Å². The summed E-state index contributed by atoms with van der Waals surface area (Å²) < 4.78 is 32.9. The molecule has 2 saturated heterocycles. The van der Waals surface area contributed by atoms with Gasteiger partial charge in [0.1, 0.15) is 6.10 Å². The van der Waals surface area contributed by atoms with E-state index in [1.165, 1.54) is 16.4 Å². The summed E-state index contributed by atoms with van der Waals surface area (Å²) in [4.78, 5) is 18.9. The summed E-state index contributed by atoms with van der Waals surface area (Å²) >= 11 is 0. The lowest BCUT2D eigenvalue weighted by Crippen LogP contribution is -2.35. The molecule has 0 spiro atoms. The Kier molecular flexibility index (Phi) is 5.82. The first-order chi connectivity index (χ1) is 14.0. The fourth-order valence-electron chi connectivity index (χ4n) is 3.80. The maximum atomic E-state index is 12.8. The van der Waals surface area contributed by atoms with Crippen LogP contribution in [0.15, 0.2) is 53.6 Å². The van der Waals surface area contributed by atoms with Crippen LogP contribution >= 0.6 is 0 Å². The van der Waals surface area contributed by atoms with Crippen molar-refractivity contribution in [3.63, 3.8) is 0 Å². The number of carbonyl (C=O) groups is 1. The number of carbonyl (C=O) groups excluding carboxylic acids is 1. The van der Waals surface area contributed by atoms with E-state index >= 15 is 0 Å². The summed E-state index contributed by atoms with van der Waals surface area (Å²) in [5.41, 5.74) is 0.487. The Morgan fingerprint density at radius 2 is 1.76 bits per heavy atom. The fraction of sp³-hybridized carbons (Fsp3) is 0.429. The van der Waals surface area contributed by atoms with Gasteiger partial charge in [0.25, 0.3) is 5.91 Å². The average molecular weight is 416 g/mol. The molecule has 4 rings (SSSR count). The molecule has 2 aliphatic rings. The van der Waals surface area contributed by atoms with Crippen molar-refractivity contribution in [2.45, 2.75) is 36.7 Å². The van der Waals surface area contributed by atoms with Gasteiger partial charge in [0, 0.05) is 43.9 Å². The van der Waals surface area contributed by atoms with Gasteiger partial charge in [-0.2, -0.15) is 4.31 Å². The Bertz CT molecular complexity index is 942. The lowest BCUT2D eigenvalue weighted by molar-refractivity contribution is 0.0771. The third kappa shape index (κ3) is 4.43. The summed E-state index contributed by atoms with van der Waals surface area (Å²) in [5, 5.41) is 0. The van der Waals surface area contributed by atoms with Crippen molar-refractivity contribution in [1.29, 1.82) is 0 Å². The van der Waals surface area contributed by atoms with E-state index in [1.54, 1.807) is 29.3 Å². The van der Waals surface area contributed by atoms with E-state index in [-0.39, 0.29) is 16.9 Å². The third-order valence-electron chi connectivity index (χ3n) is 5.41. The lowest BCUT2D eigenvalue weighted by Gasteiger charge is -2.26. The molecule has 7 nitrogen and oxygen atoms in total. The number of ether oxygens (including phenoxy) is 1. The van der Waals surface area contributed by atoms with Gasteiger partial charge in [0.15, 0.2) is 0 Å². The molecule has 0 radical (unpaired) electrons. The van der Waals surface area contributed by atoms with E-state index in [0.717, 1.165) is 25.7 Å². The van der Waals surface area contributed by atoms with Crippen molar-refractivity contribution in [2.75, 3.05) is 26.2 Å². The Balaban J connectivity index is 1.39. The number of sulfonamides is 1. The first-order valence-electron chi connectivity index (χ1n) is 10.0. The quantitative estimate of drug-likeness (QED) is 0.750. The molecule has 0 bridgehead atoms. The van der Waals surface area contributed by atoms with Crippen LogP contribution in [0.4, 0.5) is 0 Å². The highest BCUT2D eigenvalue weighted by Crippen LogP contribution is 2.22. The predicted octanol–water partition coefficient (Wildman–Crippen LogP) is 2.55. The van der Waals surface area contributed by atoms with Gasteiger partial charge in [0.05, 0.1) is 11.4 Å². The first-order valence-corrected chi connectivity index (χ1v) is 11.5. The zero-order valence-corrected chi connectivity index (χ0v) is 17.1. The maximum Gasteiger partial charge on any atom is 0.253 e. The molecule has 154 valence electrons. The second-order valence-corrected chi connectivity index (χ2v) is 9.37. The van der Waals surface area contributed by atoms with Gasteiger partial charge in [-0.15, -0.1) is 0 Å². The van der Waals surface area contributed by atoms with Gasteiger partial charge in [-0.3, -0.25) is 4.79 Å². The molecular formula is C21H25N3O4S. The molecule has 0 aliphatic carbocycles. The minimum atomic E-state index is -3.49. The number of aromatic nitrogens is 1. The van der Waals surface area contributed by atoms with Crippen LogP contribution in [-0.4, -0.2) is 60.8 Å². The Labute approximate surface area is 171 Å². The van der Waals surface area contributed by atoms with Gasteiger partial charge in [-0.05, 0) is 43.2 Å². The summed E-state index contributed by atoms with van der Waals surface area (Å²) in [5.74, 6) is 0.443. The van der Waals surface area contributed by atoms with Gasteiger partial charge in [-0.25, -0.2) is 13.4 Å². The Morgan fingerprint density at radius 3 is 2.45 bits per heavy atom. The number of benzene rings is 1. The van der Waals surface area contributed by atoms with Crippen molar-refractivity contribution in [3.05, 3.63) is 54.2 Å². The summed E-state index contributed by atoms with van der Waals surface area (Å²) in [6.45, 7) is 2.22. The smallest absolute Gasteiger partial charge is 0.253 e. The number of piperidine rings is 1. The van der Waals surface area contributed by atoms with E-state index in [9.17, 15) is 13.2 Å². The molecule has 2 aromatic rings. The summed E-state index contributed by atoms with van der Waals surface area (Å²) in [6.07, 6.45) is 5.18. The summed E-state index contributed by atoms with van der Waals surface area (Å²) in [7, 11) is -3.49. The number of hydrogen-bond donors (Lipinski definition) is 0. The van der Waals surface area contributed by atoms with Crippen molar-refractivity contribution in [2.24, 2.45) is 0 Å². The molecule has 2 fully saturated rings. The van der Waals surface area contributed by atoms with Crippen LogP contribution in [0, 0.1) is 0 Å². The van der Waals surface area contributed by atoms with Gasteiger partial charge in [0.2, 0.25) is 15.9 Å². The van der Waals surface area contributed by atoms with Crippen LogP contribution in [0.25, 0.3) is 0 Å². The maximum absolute atomic E-state index is 12.8. The zero-order valence-electron chi connectivity index (χ0n) is 16.2. The van der Waals surface area contributed by atoms with Gasteiger partial charge < -0.3 is 9.64 Å². The van der Waals surface area contributed by atoms with Crippen LogP contribution < -0.4 is 4.74 Å². The number of rotatable bonds is 5. The average Bonchev–Trinajstić information content (AvgIpc) is 3.23. The van der Waals surface area contributed by atoms with Crippen LogP contribution in [0.2, 0.25) is 0 Å². The van der Waals surface area contributed by atoms with Crippen LogP contribution in [0.1, 0.15) is 36.0 Å². The fourth-order valence-corrected chi connectivity index (χ4v) is 5.32. The summed E-state index contributed by atoms with van der Waals surface area (Å²) in [6, 6.07) is 11.8. The van der Waals surface area contributed by atoms with E-state index in [0.29, 0.717) is 37.6 Å². The minimum absolute atomic E-state index is 0.0902. The number of nitrogens with zero attached hydrogens (tertiary/aromatic N) is 3. The predicted molar refractivity (Wildman–Crippen MR) is 108 cm³/mol. The van der Waals surface area contributed by atoms with Gasteiger partial charge >= 0.3 is 0 Å². The molecule has 8 heteroatoms. The van der Waals surface area contributed by atoms with Crippen LogP contribution in [0.3, 0.4) is 0 Å². The molecular weight excluding hydrogens is 390 g/mol. The van der Waals surface area contributed by atoms with Crippen molar-refractivity contribution >= 4 is 15.9 Å². The van der Waals surface area contributed by atoms with Gasteiger partial charge in [-0.1, -0.05) is 12.5 Å². The molecule has 3 heterocycles. The monoisotopic (exact) mass is 415 g/mol. The number of pyridine rings is 1. The normalized spacial score (nSPS) is 20.6. The number of likely N-dealkylation sites (tertiary alicyclic amines) is 1. The van der Waals surface area contributed by atoms with E-state index in [1.807, 2.05) is 12.1 Å². The zero-order chi connectivity index (χ0) is 20.3. The second kappa shape index (κ2) is 8.51. The molecule has 1 unspecified atom stereocenters. The molecule has 2 aliphatic heterocycles. The molecule has 0 N–H and O–H groups in total. The molecule has 1 aromatic heterocycles. The number of hydrogen-bond acceptors (Lipinski definition) is 5. The molecule has 1 amide bonds. The van der Waals surface area contributed by atoms with Crippen LogP contribution in [-0.2, 0) is 10.0 Å². The molecule has 0 saturated carbocycles. The highest BCUT2D eigenvalue weighted by atomic mass is 32.2. The highest BCUT2D eigenvalue weighted by Gasteiger charge is 2.30. The van der Waals surface area contributed by atoms with Crippen molar-refractivity contribution in [3.8, 4) is 5.88 Å². The van der Waals surface area contributed by atoms with Crippen molar-refractivity contribution in [1.82, 2.24) is 14.2 Å². The SMILES string of the molecule is O=C(c1ccc(S(=O)(=O)N2CCCCC2)cc1)N1CCC(Oc2ccccn2)C1. The first kappa shape index (κ1) is 19.8. The largest absolute Gasteiger partial charge is 0.472 e. The lowest BCUT2D eigenvalue weighted by atomic mass is 10.2. The highest BCUT2D eigenvalue weighted by molar-refractivity contribution is 7.89.